The van der Waals surface area contributed by atoms with Gasteiger partial charge < -0.3 is 14.9 Å². The lowest BCUT2D eigenvalue weighted by atomic mass is 10.2. The van der Waals surface area contributed by atoms with E-state index in [-0.39, 0.29) is 26.2 Å². The molecular weight excluding hydrogens is 238 g/mol. The van der Waals surface area contributed by atoms with Crippen molar-refractivity contribution in [3.8, 4) is 0 Å². The van der Waals surface area contributed by atoms with Crippen LogP contribution in [0.2, 0.25) is 0 Å². The second-order valence-electron chi connectivity index (χ2n) is 3.55. The molecular formula is C12H15NO5. The molecule has 0 unspecified atom stereocenters. The largest absolute Gasteiger partial charge is 0.465 e. The molecule has 0 radical (unpaired) electrons. The fraction of sp³-hybridized carbons (Fsp3) is 0.333. The smallest absolute Gasteiger partial charge is 0.419 e. The minimum Gasteiger partial charge on any atom is -0.465 e. The first kappa shape index (κ1) is 14.0. The van der Waals surface area contributed by atoms with Crippen LogP contribution in [-0.2, 0) is 11.3 Å². The number of carbonyl (C=O) groups is 2. The number of imide groups is 1. The summed E-state index contributed by atoms with van der Waals surface area (Å²) in [6.07, 6.45) is -2.13. The number of benzene rings is 1. The lowest BCUT2D eigenvalue weighted by molar-refractivity contribution is 0.0875. The van der Waals surface area contributed by atoms with Crippen molar-refractivity contribution in [3.63, 3.8) is 0 Å². The van der Waals surface area contributed by atoms with Crippen LogP contribution in [0.5, 0.6) is 0 Å². The molecule has 0 fully saturated rings. The molecule has 0 aliphatic rings. The van der Waals surface area contributed by atoms with E-state index >= 15 is 0 Å². The van der Waals surface area contributed by atoms with E-state index in [1.165, 1.54) is 0 Å². The molecule has 2 N–H and O–H groups in total. The molecule has 6 heteroatoms. The van der Waals surface area contributed by atoms with Crippen molar-refractivity contribution in [3.05, 3.63) is 35.9 Å². The summed E-state index contributed by atoms with van der Waals surface area (Å²) in [6.45, 7) is -0.252. The summed E-state index contributed by atoms with van der Waals surface area (Å²) in [5, 5.41) is 17.4. The molecule has 0 heterocycles. The first-order valence-corrected chi connectivity index (χ1v) is 5.47. The lowest BCUT2D eigenvalue weighted by Crippen LogP contribution is -2.37. The molecule has 1 rings (SSSR count). The Kier molecular flexibility index (Phi) is 5.66. The number of amides is 2. The Hall–Kier alpha value is -2.08. The normalized spacial score (nSPS) is 9.83. The van der Waals surface area contributed by atoms with Gasteiger partial charge in [0.05, 0.1) is 0 Å². The third-order valence-corrected chi connectivity index (χ3v) is 2.20. The maximum absolute atomic E-state index is 11.5. The fourth-order valence-corrected chi connectivity index (χ4v) is 1.29. The molecule has 0 spiro atoms. The molecule has 0 saturated heterocycles. The van der Waals surface area contributed by atoms with E-state index in [4.69, 9.17) is 14.9 Å². The van der Waals surface area contributed by atoms with Gasteiger partial charge in [0, 0.05) is 13.2 Å². The Morgan fingerprint density at radius 1 is 1.22 bits per heavy atom. The molecule has 0 aliphatic heterocycles. The van der Waals surface area contributed by atoms with Gasteiger partial charge in [-0.25, -0.2) is 14.5 Å². The third-order valence-electron chi connectivity index (χ3n) is 2.20. The molecule has 6 nitrogen and oxygen atoms in total. The standard InChI is InChI=1S/C12H15NO5/c14-8-4-7-13(11(15)16)12(17)18-9-10-5-2-1-3-6-10/h1-3,5-6,14H,4,7-9H2,(H,15,16). The molecule has 0 aromatic heterocycles. The minimum absolute atomic E-state index is 0.0164. The van der Waals surface area contributed by atoms with Gasteiger partial charge >= 0.3 is 12.2 Å². The van der Waals surface area contributed by atoms with Crippen molar-refractivity contribution < 1.29 is 24.5 Å². The Balaban J connectivity index is 2.49. The summed E-state index contributed by atoms with van der Waals surface area (Å²) in [6, 6.07) is 8.96. The lowest BCUT2D eigenvalue weighted by Gasteiger charge is -2.16. The van der Waals surface area contributed by atoms with Crippen LogP contribution in [0.3, 0.4) is 0 Å². The summed E-state index contributed by atoms with van der Waals surface area (Å²) < 4.78 is 4.87. The number of rotatable bonds is 5. The molecule has 18 heavy (non-hydrogen) atoms. The summed E-state index contributed by atoms with van der Waals surface area (Å²) in [5.41, 5.74) is 0.776. The highest BCUT2D eigenvalue weighted by atomic mass is 16.6. The number of hydrogen-bond acceptors (Lipinski definition) is 4. The molecule has 0 bridgehead atoms. The van der Waals surface area contributed by atoms with Crippen LogP contribution >= 0.6 is 0 Å². The summed E-state index contributed by atoms with van der Waals surface area (Å²) in [4.78, 5) is 22.8. The van der Waals surface area contributed by atoms with Crippen LogP contribution in [0, 0.1) is 0 Å². The summed E-state index contributed by atoms with van der Waals surface area (Å²) >= 11 is 0. The average molecular weight is 253 g/mol. The van der Waals surface area contributed by atoms with Crippen molar-refractivity contribution in [2.45, 2.75) is 13.0 Å². The topological polar surface area (TPSA) is 87.1 Å². The zero-order valence-electron chi connectivity index (χ0n) is 9.78. The van der Waals surface area contributed by atoms with Gasteiger partial charge in [0.1, 0.15) is 6.61 Å². The maximum atomic E-state index is 11.5. The van der Waals surface area contributed by atoms with Crippen molar-refractivity contribution >= 4 is 12.2 Å². The highest BCUT2D eigenvalue weighted by Gasteiger charge is 2.21. The SMILES string of the molecule is O=C(O)N(CCCO)C(=O)OCc1ccccc1. The number of carbonyl (C=O) groups excluding carboxylic acids is 1. The average Bonchev–Trinajstić information content (AvgIpc) is 2.37. The van der Waals surface area contributed by atoms with Gasteiger partial charge in [0.2, 0.25) is 0 Å². The number of carboxylic acid groups (broad SMARTS) is 1. The number of aliphatic hydroxyl groups excluding tert-OH is 1. The van der Waals surface area contributed by atoms with Crippen LogP contribution in [0.25, 0.3) is 0 Å². The van der Waals surface area contributed by atoms with Crippen LogP contribution in [0.15, 0.2) is 30.3 Å². The Labute approximate surface area is 104 Å². The number of nitrogens with zero attached hydrogens (tertiary/aromatic N) is 1. The zero-order chi connectivity index (χ0) is 13.4. The van der Waals surface area contributed by atoms with Gasteiger partial charge in [-0.2, -0.15) is 0 Å². The number of ether oxygens (including phenoxy) is 1. The molecule has 98 valence electrons. The summed E-state index contributed by atoms with van der Waals surface area (Å²) in [5.74, 6) is 0. The predicted octanol–water partition coefficient (Wildman–Crippen LogP) is 1.69. The maximum Gasteiger partial charge on any atom is 0.419 e. The van der Waals surface area contributed by atoms with Gasteiger partial charge in [-0.05, 0) is 12.0 Å². The number of hydrogen-bond donors (Lipinski definition) is 2. The molecule has 0 atom stereocenters. The van der Waals surface area contributed by atoms with Crippen LogP contribution in [-0.4, -0.2) is 40.5 Å². The third kappa shape index (κ3) is 4.42. The second kappa shape index (κ2) is 7.29. The van der Waals surface area contributed by atoms with E-state index in [0.717, 1.165) is 5.56 Å². The van der Waals surface area contributed by atoms with E-state index < -0.39 is 12.2 Å². The monoisotopic (exact) mass is 253 g/mol. The zero-order valence-corrected chi connectivity index (χ0v) is 9.78. The van der Waals surface area contributed by atoms with E-state index in [1.54, 1.807) is 24.3 Å². The van der Waals surface area contributed by atoms with Gasteiger partial charge in [0.25, 0.3) is 0 Å². The van der Waals surface area contributed by atoms with Crippen molar-refractivity contribution in [1.29, 1.82) is 0 Å². The van der Waals surface area contributed by atoms with Gasteiger partial charge in [0.15, 0.2) is 0 Å². The number of aliphatic hydroxyl groups is 1. The van der Waals surface area contributed by atoms with E-state index in [1.807, 2.05) is 6.07 Å². The van der Waals surface area contributed by atoms with Crippen molar-refractivity contribution in [1.82, 2.24) is 4.90 Å². The highest BCUT2D eigenvalue weighted by Crippen LogP contribution is 2.04. The van der Waals surface area contributed by atoms with Crippen molar-refractivity contribution in [2.75, 3.05) is 13.2 Å². The Morgan fingerprint density at radius 2 is 1.89 bits per heavy atom. The van der Waals surface area contributed by atoms with Gasteiger partial charge in [-0.3, -0.25) is 0 Å². The minimum atomic E-state index is -1.39. The predicted molar refractivity (Wildman–Crippen MR) is 63.1 cm³/mol. The van der Waals surface area contributed by atoms with Crippen molar-refractivity contribution in [2.24, 2.45) is 0 Å². The fourth-order valence-electron chi connectivity index (χ4n) is 1.29. The van der Waals surface area contributed by atoms with E-state index in [0.29, 0.717) is 4.90 Å². The van der Waals surface area contributed by atoms with Gasteiger partial charge in [-0.1, -0.05) is 30.3 Å². The first-order chi connectivity index (χ1) is 8.65. The Morgan fingerprint density at radius 3 is 2.44 bits per heavy atom. The van der Waals surface area contributed by atoms with Crippen LogP contribution < -0.4 is 0 Å². The molecule has 1 aromatic rings. The molecule has 0 aliphatic carbocycles. The first-order valence-electron chi connectivity index (χ1n) is 5.47. The Bertz CT molecular complexity index is 393. The molecule has 0 saturated carbocycles. The second-order valence-corrected chi connectivity index (χ2v) is 3.55. The van der Waals surface area contributed by atoms with Gasteiger partial charge in [-0.15, -0.1) is 0 Å². The molecule has 2 amide bonds. The van der Waals surface area contributed by atoms with E-state index in [9.17, 15) is 9.59 Å². The summed E-state index contributed by atoms with van der Waals surface area (Å²) in [7, 11) is 0. The van der Waals surface area contributed by atoms with Crippen LogP contribution in [0.4, 0.5) is 9.59 Å². The quantitative estimate of drug-likeness (QED) is 0.833. The highest BCUT2D eigenvalue weighted by molar-refractivity contribution is 5.86. The van der Waals surface area contributed by atoms with Crippen LogP contribution in [0.1, 0.15) is 12.0 Å². The van der Waals surface area contributed by atoms with E-state index in [2.05, 4.69) is 0 Å². The molecule has 1 aromatic carbocycles.